The number of nitrogens with zero attached hydrogens (tertiary/aromatic N) is 2. The van der Waals surface area contributed by atoms with Gasteiger partial charge in [0, 0.05) is 0 Å². The fourth-order valence-electron chi connectivity index (χ4n) is 4.52. The molecule has 0 unspecified atom stereocenters. The smallest absolute Gasteiger partial charge is 0.266 e. The third-order valence-corrected chi connectivity index (χ3v) is 5.88. The Labute approximate surface area is 175 Å². The van der Waals surface area contributed by atoms with Gasteiger partial charge in [-0.1, -0.05) is 60.2 Å². The zero-order chi connectivity index (χ0) is 20.8. The lowest BCUT2D eigenvalue weighted by Gasteiger charge is -2.29. The molecule has 2 heterocycles. The predicted octanol–water partition coefficient (Wildman–Crippen LogP) is 4.35. The maximum Gasteiger partial charge on any atom is 0.266 e. The third-order valence-electron chi connectivity index (χ3n) is 5.88. The van der Waals surface area contributed by atoms with Crippen molar-refractivity contribution in [1.82, 2.24) is 0 Å². The fraction of sp³-hybridized carbons (Fsp3) is 0.200. The molecule has 3 aromatic carbocycles. The second-order valence-electron chi connectivity index (χ2n) is 7.87. The van der Waals surface area contributed by atoms with Gasteiger partial charge in [-0.05, 0) is 49.2 Å². The molecule has 0 N–H and O–H groups in total. The highest BCUT2D eigenvalue weighted by molar-refractivity contribution is 6.23. The Morgan fingerprint density at radius 3 is 2.03 bits per heavy atom. The van der Waals surface area contributed by atoms with Crippen molar-refractivity contribution in [3.05, 3.63) is 95.6 Å². The van der Waals surface area contributed by atoms with Gasteiger partial charge < -0.3 is 0 Å². The number of hydrogen-bond donors (Lipinski definition) is 0. The van der Waals surface area contributed by atoms with Crippen molar-refractivity contribution in [2.24, 2.45) is 5.92 Å². The Bertz CT molecular complexity index is 1110. The number of carbonyl (C=O) groups excluding carboxylic acids is 2. The third kappa shape index (κ3) is 2.82. The number of para-hydroxylation sites is 2. The molecular weight excluding hydrogens is 376 g/mol. The molecule has 2 amide bonds. The van der Waals surface area contributed by atoms with Crippen LogP contribution >= 0.6 is 0 Å². The molecule has 2 aliphatic heterocycles. The van der Waals surface area contributed by atoms with E-state index in [-0.39, 0.29) is 17.9 Å². The molecule has 3 atom stereocenters. The first kappa shape index (κ1) is 18.6. The van der Waals surface area contributed by atoms with Crippen LogP contribution in [-0.4, -0.2) is 17.9 Å². The van der Waals surface area contributed by atoms with Gasteiger partial charge in [-0.3, -0.25) is 14.4 Å². The summed E-state index contributed by atoms with van der Waals surface area (Å²) < 4.78 is 0. The van der Waals surface area contributed by atoms with Gasteiger partial charge in [0.05, 0.1) is 17.4 Å². The molecule has 0 radical (unpaired) electrons. The van der Waals surface area contributed by atoms with Gasteiger partial charge in [0.2, 0.25) is 5.91 Å². The fourth-order valence-corrected chi connectivity index (χ4v) is 4.52. The molecule has 5 rings (SSSR count). The summed E-state index contributed by atoms with van der Waals surface area (Å²) in [7, 11) is 0. The lowest BCUT2D eigenvalue weighted by molar-refractivity contribution is -0.126. The van der Waals surface area contributed by atoms with Crippen LogP contribution in [0.4, 0.5) is 11.4 Å². The molecule has 0 bridgehead atoms. The number of amides is 2. The molecule has 2 saturated heterocycles. The molecule has 0 saturated carbocycles. The van der Waals surface area contributed by atoms with Crippen LogP contribution < -0.4 is 9.96 Å². The lowest BCUT2D eigenvalue weighted by Crippen LogP contribution is -2.37. The van der Waals surface area contributed by atoms with Gasteiger partial charge in [-0.2, -0.15) is 0 Å². The Balaban J connectivity index is 1.62. The van der Waals surface area contributed by atoms with E-state index < -0.39 is 12.0 Å². The van der Waals surface area contributed by atoms with Gasteiger partial charge in [0.25, 0.3) is 5.91 Å². The summed E-state index contributed by atoms with van der Waals surface area (Å²) in [4.78, 5) is 34.2. The number of anilines is 2. The van der Waals surface area contributed by atoms with E-state index in [0.717, 1.165) is 22.4 Å². The molecule has 0 spiro atoms. The maximum atomic E-state index is 13.5. The molecular formula is C25H22N2O3. The average molecular weight is 398 g/mol. The van der Waals surface area contributed by atoms with E-state index in [1.54, 1.807) is 17.2 Å². The molecule has 5 heteroatoms. The van der Waals surface area contributed by atoms with E-state index in [1.807, 2.05) is 74.5 Å². The number of hydroxylamine groups is 1. The van der Waals surface area contributed by atoms with E-state index in [0.29, 0.717) is 5.69 Å². The minimum absolute atomic E-state index is 0.223. The van der Waals surface area contributed by atoms with Crippen molar-refractivity contribution < 1.29 is 14.4 Å². The lowest BCUT2D eigenvalue weighted by atomic mass is 9.87. The van der Waals surface area contributed by atoms with Gasteiger partial charge in [-0.25, -0.2) is 9.96 Å². The van der Waals surface area contributed by atoms with Gasteiger partial charge in [0.1, 0.15) is 5.92 Å². The zero-order valence-corrected chi connectivity index (χ0v) is 16.9. The number of aryl methyl sites for hydroxylation is 2. The predicted molar refractivity (Wildman–Crippen MR) is 115 cm³/mol. The Hall–Kier alpha value is -3.44. The summed E-state index contributed by atoms with van der Waals surface area (Å²) >= 11 is 0. The maximum absolute atomic E-state index is 13.5. The van der Waals surface area contributed by atoms with Crippen LogP contribution in [-0.2, 0) is 14.4 Å². The number of rotatable bonds is 3. The molecule has 30 heavy (non-hydrogen) atoms. The quantitative estimate of drug-likeness (QED) is 0.616. The van der Waals surface area contributed by atoms with Crippen LogP contribution in [0.15, 0.2) is 78.9 Å². The van der Waals surface area contributed by atoms with Gasteiger partial charge in [0.15, 0.2) is 6.10 Å². The number of hydrogen-bond acceptors (Lipinski definition) is 4. The largest absolute Gasteiger partial charge is 0.273 e. The van der Waals surface area contributed by atoms with Crippen LogP contribution in [0.1, 0.15) is 22.7 Å². The average Bonchev–Trinajstić information content (AvgIpc) is 3.26. The van der Waals surface area contributed by atoms with Crippen LogP contribution in [0.3, 0.4) is 0 Å². The first-order valence-corrected chi connectivity index (χ1v) is 10.1. The zero-order valence-electron chi connectivity index (χ0n) is 16.9. The minimum atomic E-state index is -0.844. The van der Waals surface area contributed by atoms with Crippen LogP contribution in [0.5, 0.6) is 0 Å². The van der Waals surface area contributed by atoms with Crippen LogP contribution in [0, 0.1) is 19.8 Å². The topological polar surface area (TPSA) is 49.9 Å². The first-order valence-electron chi connectivity index (χ1n) is 10.1. The van der Waals surface area contributed by atoms with E-state index in [2.05, 4.69) is 6.07 Å². The van der Waals surface area contributed by atoms with Crippen molar-refractivity contribution in [3.63, 3.8) is 0 Å². The number of benzene rings is 3. The summed E-state index contributed by atoms with van der Waals surface area (Å²) in [6.45, 7) is 4.08. The van der Waals surface area contributed by atoms with E-state index in [4.69, 9.17) is 4.84 Å². The summed E-state index contributed by atoms with van der Waals surface area (Å²) in [5.41, 5.74) is 4.62. The van der Waals surface area contributed by atoms with Crippen molar-refractivity contribution in [3.8, 4) is 0 Å². The molecule has 2 aliphatic rings. The van der Waals surface area contributed by atoms with Gasteiger partial charge >= 0.3 is 0 Å². The Kier molecular flexibility index (Phi) is 4.40. The highest BCUT2D eigenvalue weighted by Crippen LogP contribution is 2.48. The van der Waals surface area contributed by atoms with E-state index >= 15 is 0 Å². The minimum Gasteiger partial charge on any atom is -0.273 e. The highest BCUT2D eigenvalue weighted by atomic mass is 16.7. The number of imide groups is 1. The highest BCUT2D eigenvalue weighted by Gasteiger charge is 2.60. The molecule has 0 aromatic heterocycles. The first-order chi connectivity index (χ1) is 14.6. The monoisotopic (exact) mass is 398 g/mol. The van der Waals surface area contributed by atoms with Crippen molar-refractivity contribution in [2.45, 2.75) is 26.0 Å². The summed E-state index contributed by atoms with van der Waals surface area (Å²) in [6.07, 6.45) is -0.844. The molecule has 5 nitrogen and oxygen atoms in total. The van der Waals surface area contributed by atoms with Crippen molar-refractivity contribution in [2.75, 3.05) is 9.96 Å². The number of carbonyl (C=O) groups is 2. The second-order valence-corrected chi connectivity index (χ2v) is 7.87. The number of fused-ring (bicyclic) bond motifs is 1. The summed E-state index contributed by atoms with van der Waals surface area (Å²) in [5.74, 6) is -1.15. The Morgan fingerprint density at radius 1 is 0.767 bits per heavy atom. The molecule has 0 aliphatic carbocycles. The SMILES string of the molecule is Cc1ccc([C@H]2[C@H]3C(=O)N(c4ccccc4)C(=O)[C@@H]3ON2c2ccccc2)c(C)c1. The van der Waals surface area contributed by atoms with Gasteiger partial charge in [-0.15, -0.1) is 0 Å². The molecule has 3 aromatic rings. The van der Waals surface area contributed by atoms with Crippen LogP contribution in [0.2, 0.25) is 0 Å². The normalized spacial score (nSPS) is 23.2. The molecule has 150 valence electrons. The standard InChI is InChI=1S/C25H22N2O3/c1-16-13-14-20(17(2)15-16)22-21-23(30-27(22)19-11-7-4-8-12-19)25(29)26(24(21)28)18-9-5-3-6-10-18/h3-15,21-23H,1-2H3/t21-,22+,23-/m1/s1. The van der Waals surface area contributed by atoms with E-state index in [1.165, 1.54) is 4.90 Å². The molecule has 2 fully saturated rings. The van der Waals surface area contributed by atoms with E-state index in [9.17, 15) is 9.59 Å². The Morgan fingerprint density at radius 2 is 1.40 bits per heavy atom. The second kappa shape index (κ2) is 7.11. The van der Waals surface area contributed by atoms with Crippen molar-refractivity contribution >= 4 is 23.2 Å². The van der Waals surface area contributed by atoms with Crippen molar-refractivity contribution in [1.29, 1.82) is 0 Å². The van der Waals surface area contributed by atoms with Crippen LogP contribution in [0.25, 0.3) is 0 Å². The summed E-state index contributed by atoms with van der Waals surface area (Å²) in [5, 5.41) is 1.74. The summed E-state index contributed by atoms with van der Waals surface area (Å²) in [6, 6.07) is 24.5.